The molecule has 1 aromatic carbocycles. The van der Waals surface area contributed by atoms with Gasteiger partial charge in [0.1, 0.15) is 18.5 Å². The first-order valence-corrected chi connectivity index (χ1v) is 7.93. The lowest BCUT2D eigenvalue weighted by atomic mass is 10.1. The van der Waals surface area contributed by atoms with Crippen molar-refractivity contribution in [1.82, 2.24) is 10.2 Å². The van der Waals surface area contributed by atoms with E-state index in [1.165, 1.54) is 0 Å². The summed E-state index contributed by atoms with van der Waals surface area (Å²) >= 11 is 12.2. The largest absolute Gasteiger partial charge is 0.490 e. The molecule has 1 fully saturated rings. The highest BCUT2D eigenvalue weighted by atomic mass is 35.5. The van der Waals surface area contributed by atoms with Crippen LogP contribution in [0.2, 0.25) is 10.0 Å². The normalized spacial score (nSPS) is 17.8. The van der Waals surface area contributed by atoms with Gasteiger partial charge < -0.3 is 15.2 Å². The molecular formula is C15H22Cl2N2O2. The Balaban J connectivity index is 1.91. The third-order valence-corrected chi connectivity index (χ3v) is 4.56. The molecule has 0 amide bonds. The van der Waals surface area contributed by atoms with Crippen molar-refractivity contribution in [3.63, 3.8) is 0 Å². The number of nitrogens with zero attached hydrogens (tertiary/aromatic N) is 1. The molecule has 0 bridgehead atoms. The highest BCUT2D eigenvalue weighted by molar-refractivity contribution is 6.42. The van der Waals surface area contributed by atoms with Crippen molar-refractivity contribution in [2.24, 2.45) is 0 Å². The number of hydrogen-bond donors (Lipinski definition) is 2. The lowest BCUT2D eigenvalue weighted by Crippen LogP contribution is -2.47. The van der Waals surface area contributed by atoms with E-state index in [1.54, 1.807) is 6.07 Å². The van der Waals surface area contributed by atoms with Crippen molar-refractivity contribution in [1.29, 1.82) is 0 Å². The Bertz CT molecular complexity index is 491. The van der Waals surface area contributed by atoms with Gasteiger partial charge in [-0.1, -0.05) is 23.2 Å². The van der Waals surface area contributed by atoms with Gasteiger partial charge >= 0.3 is 0 Å². The summed E-state index contributed by atoms with van der Waals surface area (Å²) in [4.78, 5) is 2.24. The highest BCUT2D eigenvalue weighted by Crippen LogP contribution is 2.35. The van der Waals surface area contributed by atoms with Crippen molar-refractivity contribution in [2.75, 3.05) is 39.3 Å². The summed E-state index contributed by atoms with van der Waals surface area (Å²) in [6, 6.07) is 1.79. The Kier molecular flexibility index (Phi) is 6.14. The maximum atomic E-state index is 10.1. The van der Waals surface area contributed by atoms with Crippen molar-refractivity contribution < 1.29 is 9.84 Å². The van der Waals surface area contributed by atoms with E-state index in [-0.39, 0.29) is 6.61 Å². The van der Waals surface area contributed by atoms with Crippen LogP contribution in [0.1, 0.15) is 11.1 Å². The van der Waals surface area contributed by atoms with Crippen LogP contribution >= 0.6 is 23.2 Å². The van der Waals surface area contributed by atoms with Gasteiger partial charge in [0.25, 0.3) is 0 Å². The van der Waals surface area contributed by atoms with Crippen LogP contribution in [-0.4, -0.2) is 55.4 Å². The average Bonchev–Trinajstić information content (AvgIpc) is 2.46. The molecule has 0 aromatic heterocycles. The molecule has 1 unspecified atom stereocenters. The smallest absolute Gasteiger partial charge is 0.126 e. The Labute approximate surface area is 136 Å². The molecule has 1 atom stereocenters. The number of rotatable bonds is 5. The molecule has 2 N–H and O–H groups in total. The van der Waals surface area contributed by atoms with Crippen LogP contribution in [0.5, 0.6) is 5.75 Å². The van der Waals surface area contributed by atoms with E-state index in [9.17, 15) is 5.11 Å². The summed E-state index contributed by atoms with van der Waals surface area (Å²) < 4.78 is 5.77. The first-order valence-electron chi connectivity index (χ1n) is 7.18. The number of ether oxygens (including phenoxy) is 1. The van der Waals surface area contributed by atoms with Gasteiger partial charge in [0.05, 0.1) is 10.0 Å². The molecule has 0 saturated carbocycles. The predicted octanol–water partition coefficient (Wildman–Crippen LogP) is 2.26. The van der Waals surface area contributed by atoms with Crippen LogP contribution in [0.3, 0.4) is 0 Å². The molecule has 21 heavy (non-hydrogen) atoms. The zero-order valence-corrected chi connectivity index (χ0v) is 14.0. The fourth-order valence-electron chi connectivity index (χ4n) is 2.54. The summed E-state index contributed by atoms with van der Waals surface area (Å²) in [6.07, 6.45) is -0.517. The lowest BCUT2D eigenvalue weighted by Gasteiger charge is -2.29. The Hall–Kier alpha value is -0.520. The average molecular weight is 333 g/mol. The molecule has 0 aliphatic carbocycles. The predicted molar refractivity (Wildman–Crippen MR) is 86.7 cm³/mol. The fraction of sp³-hybridized carbons (Fsp3) is 0.600. The van der Waals surface area contributed by atoms with Crippen LogP contribution in [-0.2, 0) is 0 Å². The molecule has 0 radical (unpaired) electrons. The van der Waals surface area contributed by atoms with E-state index in [1.807, 2.05) is 13.8 Å². The van der Waals surface area contributed by atoms with Crippen molar-refractivity contribution in [2.45, 2.75) is 20.0 Å². The molecule has 1 heterocycles. The first kappa shape index (κ1) is 16.8. The van der Waals surface area contributed by atoms with E-state index in [0.717, 1.165) is 37.3 Å². The molecular weight excluding hydrogens is 311 g/mol. The molecule has 1 saturated heterocycles. The van der Waals surface area contributed by atoms with Gasteiger partial charge in [-0.15, -0.1) is 0 Å². The molecule has 0 spiro atoms. The summed E-state index contributed by atoms with van der Waals surface area (Å²) in [5.74, 6) is 0.712. The number of β-amino-alcohol motifs (C(OH)–C–C–N with tert-alkyl or cyclic N) is 1. The summed E-state index contributed by atoms with van der Waals surface area (Å²) in [6.45, 7) is 8.54. The minimum Gasteiger partial charge on any atom is -0.490 e. The lowest BCUT2D eigenvalue weighted by molar-refractivity contribution is 0.0637. The van der Waals surface area contributed by atoms with Crippen LogP contribution in [0.25, 0.3) is 0 Å². The van der Waals surface area contributed by atoms with Gasteiger partial charge in [0.15, 0.2) is 0 Å². The molecule has 2 rings (SSSR count). The number of nitrogens with one attached hydrogen (secondary N) is 1. The van der Waals surface area contributed by atoms with Gasteiger partial charge in [-0.3, -0.25) is 4.90 Å². The standard InChI is InChI=1S/C15H22Cl2N2O2/c1-10-7-13(16)14(17)11(2)15(10)21-9-12(20)8-19-5-3-18-4-6-19/h7,12,18,20H,3-6,8-9H2,1-2H3. The van der Waals surface area contributed by atoms with Crippen molar-refractivity contribution in [3.8, 4) is 5.75 Å². The maximum absolute atomic E-state index is 10.1. The molecule has 1 aliphatic rings. The number of halogens is 2. The number of aryl methyl sites for hydroxylation is 1. The second-order valence-corrected chi connectivity index (χ2v) is 6.24. The minimum atomic E-state index is -0.517. The molecule has 1 aliphatic heterocycles. The monoisotopic (exact) mass is 332 g/mol. The number of aliphatic hydroxyl groups excluding tert-OH is 1. The van der Waals surface area contributed by atoms with E-state index in [4.69, 9.17) is 27.9 Å². The molecule has 118 valence electrons. The van der Waals surface area contributed by atoms with Gasteiger partial charge in [-0.2, -0.15) is 0 Å². The molecule has 1 aromatic rings. The zero-order valence-electron chi connectivity index (χ0n) is 12.5. The van der Waals surface area contributed by atoms with E-state index in [2.05, 4.69) is 10.2 Å². The number of benzene rings is 1. The quantitative estimate of drug-likeness (QED) is 0.868. The summed E-state index contributed by atoms with van der Waals surface area (Å²) in [5.41, 5.74) is 1.74. The SMILES string of the molecule is Cc1cc(Cl)c(Cl)c(C)c1OCC(O)CN1CCNCC1. The Morgan fingerprint density at radius 1 is 1.33 bits per heavy atom. The Morgan fingerprint density at radius 2 is 2.00 bits per heavy atom. The topological polar surface area (TPSA) is 44.7 Å². The second kappa shape index (κ2) is 7.65. The second-order valence-electron chi connectivity index (χ2n) is 5.46. The number of piperazine rings is 1. The maximum Gasteiger partial charge on any atom is 0.126 e. The summed E-state index contributed by atoms with van der Waals surface area (Å²) in [5, 5.41) is 14.4. The highest BCUT2D eigenvalue weighted by Gasteiger charge is 2.17. The van der Waals surface area contributed by atoms with E-state index >= 15 is 0 Å². The van der Waals surface area contributed by atoms with Crippen LogP contribution in [0.15, 0.2) is 6.07 Å². The molecule has 6 heteroatoms. The van der Waals surface area contributed by atoms with Crippen molar-refractivity contribution in [3.05, 3.63) is 27.2 Å². The van der Waals surface area contributed by atoms with Crippen molar-refractivity contribution >= 4 is 23.2 Å². The minimum absolute atomic E-state index is 0.254. The van der Waals surface area contributed by atoms with Crippen LogP contribution in [0, 0.1) is 13.8 Å². The van der Waals surface area contributed by atoms with E-state index < -0.39 is 6.10 Å². The summed E-state index contributed by atoms with van der Waals surface area (Å²) in [7, 11) is 0. The van der Waals surface area contributed by atoms with Crippen LogP contribution < -0.4 is 10.1 Å². The number of hydrogen-bond acceptors (Lipinski definition) is 4. The Morgan fingerprint density at radius 3 is 2.67 bits per heavy atom. The van der Waals surface area contributed by atoms with Crippen LogP contribution in [0.4, 0.5) is 0 Å². The first-order chi connectivity index (χ1) is 9.99. The van der Waals surface area contributed by atoms with Gasteiger partial charge in [0, 0.05) is 38.3 Å². The number of aliphatic hydroxyl groups is 1. The van der Waals surface area contributed by atoms with Gasteiger partial charge in [-0.05, 0) is 25.5 Å². The third-order valence-electron chi connectivity index (χ3n) is 3.68. The zero-order chi connectivity index (χ0) is 15.4. The fourth-order valence-corrected chi connectivity index (χ4v) is 2.99. The van der Waals surface area contributed by atoms with E-state index in [0.29, 0.717) is 22.3 Å². The van der Waals surface area contributed by atoms with Gasteiger partial charge in [0.2, 0.25) is 0 Å². The molecule has 4 nitrogen and oxygen atoms in total. The third kappa shape index (κ3) is 4.47. The van der Waals surface area contributed by atoms with Gasteiger partial charge in [-0.25, -0.2) is 0 Å².